The van der Waals surface area contributed by atoms with Crippen LogP contribution in [0.25, 0.3) is 11.5 Å². The molecule has 0 radical (unpaired) electrons. The zero-order chi connectivity index (χ0) is 18.4. The van der Waals surface area contributed by atoms with E-state index in [1.165, 1.54) is 0 Å². The number of amides is 2. The summed E-state index contributed by atoms with van der Waals surface area (Å²) in [4.78, 5) is 11.9. The van der Waals surface area contributed by atoms with E-state index < -0.39 is 0 Å². The van der Waals surface area contributed by atoms with Crippen LogP contribution >= 0.6 is 11.6 Å². The molecule has 0 spiro atoms. The number of nitrogens with zero attached hydrogens (tertiary/aromatic N) is 2. The number of ether oxygens (including phenoxy) is 1. The SMILES string of the molecule is COc1ccccc1-c1nnc(CCNC(=O)Nc2ccc(Cl)cc2)o1. The molecule has 3 rings (SSSR count). The van der Waals surface area contributed by atoms with Crippen molar-refractivity contribution in [3.05, 3.63) is 59.4 Å². The van der Waals surface area contributed by atoms with Crippen molar-refractivity contribution in [1.29, 1.82) is 0 Å². The molecule has 2 N–H and O–H groups in total. The Bertz CT molecular complexity index is 880. The van der Waals surface area contributed by atoms with Crippen molar-refractivity contribution >= 4 is 23.3 Å². The second kappa shape index (κ2) is 8.35. The van der Waals surface area contributed by atoms with Gasteiger partial charge in [0.2, 0.25) is 5.89 Å². The molecule has 2 amide bonds. The molecule has 0 saturated heterocycles. The highest BCUT2D eigenvalue weighted by atomic mass is 35.5. The minimum Gasteiger partial charge on any atom is -0.496 e. The molecule has 0 unspecified atom stereocenters. The van der Waals surface area contributed by atoms with E-state index in [0.29, 0.717) is 41.2 Å². The lowest BCUT2D eigenvalue weighted by atomic mass is 10.2. The number of benzene rings is 2. The minimum atomic E-state index is -0.322. The second-order valence-corrected chi connectivity index (χ2v) is 5.78. The number of para-hydroxylation sites is 1. The molecule has 8 heteroatoms. The van der Waals surface area contributed by atoms with E-state index in [4.69, 9.17) is 20.8 Å². The highest BCUT2D eigenvalue weighted by molar-refractivity contribution is 6.30. The van der Waals surface area contributed by atoms with Gasteiger partial charge >= 0.3 is 6.03 Å². The molecule has 1 aromatic heterocycles. The number of hydrogen-bond acceptors (Lipinski definition) is 5. The highest BCUT2D eigenvalue weighted by Gasteiger charge is 2.13. The van der Waals surface area contributed by atoms with Crippen LogP contribution in [0.5, 0.6) is 5.75 Å². The number of hydrogen-bond donors (Lipinski definition) is 2. The number of nitrogens with one attached hydrogen (secondary N) is 2. The maximum atomic E-state index is 11.9. The van der Waals surface area contributed by atoms with Crippen molar-refractivity contribution in [1.82, 2.24) is 15.5 Å². The summed E-state index contributed by atoms with van der Waals surface area (Å²) in [6.07, 6.45) is 0.413. The molecule has 1 heterocycles. The Morgan fingerprint density at radius 3 is 2.69 bits per heavy atom. The fourth-order valence-corrected chi connectivity index (χ4v) is 2.40. The van der Waals surface area contributed by atoms with E-state index in [1.807, 2.05) is 24.3 Å². The zero-order valence-corrected chi connectivity index (χ0v) is 14.8. The van der Waals surface area contributed by atoms with E-state index in [0.717, 1.165) is 5.56 Å². The quantitative estimate of drug-likeness (QED) is 0.687. The topological polar surface area (TPSA) is 89.3 Å². The van der Waals surface area contributed by atoms with E-state index in [1.54, 1.807) is 31.4 Å². The van der Waals surface area contributed by atoms with Crippen molar-refractivity contribution in [2.45, 2.75) is 6.42 Å². The predicted molar refractivity (Wildman–Crippen MR) is 98.5 cm³/mol. The van der Waals surface area contributed by atoms with Gasteiger partial charge in [-0.05, 0) is 36.4 Å². The van der Waals surface area contributed by atoms with Gasteiger partial charge < -0.3 is 19.8 Å². The number of methoxy groups -OCH3 is 1. The van der Waals surface area contributed by atoms with Gasteiger partial charge in [0.1, 0.15) is 5.75 Å². The number of aromatic nitrogens is 2. The first-order valence-corrected chi connectivity index (χ1v) is 8.29. The van der Waals surface area contributed by atoms with Gasteiger partial charge in [-0.1, -0.05) is 23.7 Å². The lowest BCUT2D eigenvalue weighted by Crippen LogP contribution is -2.30. The van der Waals surface area contributed by atoms with Gasteiger partial charge in [0.25, 0.3) is 5.89 Å². The Kier molecular flexibility index (Phi) is 5.70. The minimum absolute atomic E-state index is 0.322. The Morgan fingerprint density at radius 1 is 1.15 bits per heavy atom. The molecule has 7 nitrogen and oxygen atoms in total. The molecule has 2 aromatic carbocycles. The summed E-state index contributed by atoms with van der Waals surface area (Å²) >= 11 is 5.81. The Hall–Kier alpha value is -3.06. The van der Waals surface area contributed by atoms with E-state index in [-0.39, 0.29) is 6.03 Å². The lowest BCUT2D eigenvalue weighted by Gasteiger charge is -2.06. The van der Waals surface area contributed by atoms with Gasteiger partial charge in [0.05, 0.1) is 12.7 Å². The van der Waals surface area contributed by atoms with Crippen molar-refractivity contribution in [3.8, 4) is 17.2 Å². The van der Waals surface area contributed by atoms with Crippen LogP contribution in [0.15, 0.2) is 52.9 Å². The third-order valence-corrected chi connectivity index (χ3v) is 3.78. The van der Waals surface area contributed by atoms with Crippen molar-refractivity contribution in [2.24, 2.45) is 0 Å². The normalized spacial score (nSPS) is 10.4. The van der Waals surface area contributed by atoms with Crippen LogP contribution in [0.2, 0.25) is 5.02 Å². The van der Waals surface area contributed by atoms with Crippen LogP contribution in [0, 0.1) is 0 Å². The van der Waals surface area contributed by atoms with Crippen LogP contribution < -0.4 is 15.4 Å². The second-order valence-electron chi connectivity index (χ2n) is 5.34. The van der Waals surface area contributed by atoms with Gasteiger partial charge in [-0.3, -0.25) is 0 Å². The summed E-state index contributed by atoms with van der Waals surface area (Å²) in [5, 5.41) is 14.1. The van der Waals surface area contributed by atoms with Crippen LogP contribution in [-0.2, 0) is 6.42 Å². The summed E-state index contributed by atoms with van der Waals surface area (Å²) in [5.41, 5.74) is 1.38. The van der Waals surface area contributed by atoms with E-state index >= 15 is 0 Å². The lowest BCUT2D eigenvalue weighted by molar-refractivity contribution is 0.252. The Labute approximate surface area is 155 Å². The third kappa shape index (κ3) is 4.52. The molecule has 0 bridgehead atoms. The molecule has 134 valence electrons. The third-order valence-electron chi connectivity index (χ3n) is 3.53. The fourth-order valence-electron chi connectivity index (χ4n) is 2.28. The van der Waals surface area contributed by atoms with Crippen LogP contribution in [0.3, 0.4) is 0 Å². The largest absolute Gasteiger partial charge is 0.496 e. The first-order chi connectivity index (χ1) is 12.7. The molecule has 0 aliphatic heterocycles. The fraction of sp³-hybridized carbons (Fsp3) is 0.167. The van der Waals surface area contributed by atoms with Gasteiger partial charge in [0, 0.05) is 23.7 Å². The van der Waals surface area contributed by atoms with Crippen molar-refractivity contribution in [3.63, 3.8) is 0 Å². The summed E-state index contributed by atoms with van der Waals surface area (Å²) in [5.74, 6) is 1.46. The smallest absolute Gasteiger partial charge is 0.319 e. The van der Waals surface area contributed by atoms with Crippen molar-refractivity contribution in [2.75, 3.05) is 19.0 Å². The summed E-state index contributed by atoms with van der Waals surface area (Å²) in [7, 11) is 1.58. The standard InChI is InChI=1S/C18H17ClN4O3/c1-25-15-5-3-2-4-14(15)17-23-22-16(26-17)10-11-20-18(24)21-13-8-6-12(19)7-9-13/h2-9H,10-11H2,1H3,(H2,20,21,24). The number of carbonyl (C=O) groups is 1. The number of urea groups is 1. The number of halogens is 1. The number of anilines is 1. The van der Waals surface area contributed by atoms with Gasteiger partial charge in [-0.2, -0.15) is 0 Å². The monoisotopic (exact) mass is 372 g/mol. The molecule has 0 saturated carbocycles. The average Bonchev–Trinajstić information content (AvgIpc) is 3.12. The molecule has 0 fully saturated rings. The number of rotatable bonds is 6. The molecule has 0 aliphatic rings. The molecule has 0 aliphatic carbocycles. The van der Waals surface area contributed by atoms with E-state index in [2.05, 4.69) is 20.8 Å². The van der Waals surface area contributed by atoms with Gasteiger partial charge in [0.15, 0.2) is 0 Å². The summed E-state index contributed by atoms with van der Waals surface area (Å²) in [6.45, 7) is 0.354. The maximum Gasteiger partial charge on any atom is 0.319 e. The first kappa shape index (κ1) is 17.8. The summed E-state index contributed by atoms with van der Waals surface area (Å²) < 4.78 is 10.9. The molecular weight excluding hydrogens is 356 g/mol. The van der Waals surface area contributed by atoms with E-state index in [9.17, 15) is 4.79 Å². The van der Waals surface area contributed by atoms with Crippen LogP contribution in [0.1, 0.15) is 5.89 Å². The Balaban J connectivity index is 1.52. The van der Waals surface area contributed by atoms with Gasteiger partial charge in [-0.15, -0.1) is 10.2 Å². The molecule has 3 aromatic rings. The maximum absolute atomic E-state index is 11.9. The van der Waals surface area contributed by atoms with Crippen LogP contribution in [0.4, 0.5) is 10.5 Å². The predicted octanol–water partition coefficient (Wildman–Crippen LogP) is 3.76. The number of carbonyl (C=O) groups excluding carboxylic acids is 1. The first-order valence-electron chi connectivity index (χ1n) is 7.92. The van der Waals surface area contributed by atoms with Crippen molar-refractivity contribution < 1.29 is 13.9 Å². The molecular formula is C18H17ClN4O3. The zero-order valence-electron chi connectivity index (χ0n) is 14.0. The van der Waals surface area contributed by atoms with Gasteiger partial charge in [-0.25, -0.2) is 4.79 Å². The average molecular weight is 373 g/mol. The molecule has 0 atom stereocenters. The highest BCUT2D eigenvalue weighted by Crippen LogP contribution is 2.28. The van der Waals surface area contributed by atoms with Crippen LogP contribution in [-0.4, -0.2) is 29.9 Å². The summed E-state index contributed by atoms with van der Waals surface area (Å²) in [6, 6.07) is 13.9. The Morgan fingerprint density at radius 2 is 1.92 bits per heavy atom. The molecule has 26 heavy (non-hydrogen) atoms.